The van der Waals surface area contributed by atoms with Gasteiger partial charge in [0.05, 0.1) is 11.6 Å². The molecule has 1 aromatic carbocycles. The molecule has 108 valence electrons. The van der Waals surface area contributed by atoms with Crippen LogP contribution in [0.4, 0.5) is 0 Å². The molecule has 5 rings (SSSR count). The highest BCUT2D eigenvalue weighted by atomic mass is 16.3. The molecule has 0 saturated carbocycles. The number of rotatable bonds is 0. The lowest BCUT2D eigenvalue weighted by atomic mass is 9.77. The van der Waals surface area contributed by atoms with E-state index in [1.165, 1.54) is 16.6 Å². The molecule has 0 radical (unpaired) electrons. The van der Waals surface area contributed by atoms with Crippen LogP contribution in [0, 0.1) is 5.92 Å². The summed E-state index contributed by atoms with van der Waals surface area (Å²) in [7, 11) is 0. The largest absolute Gasteiger partial charge is 0.383 e. The van der Waals surface area contributed by atoms with Gasteiger partial charge in [-0.2, -0.15) is 0 Å². The van der Waals surface area contributed by atoms with Gasteiger partial charge in [-0.3, -0.25) is 14.3 Å². The lowest BCUT2D eigenvalue weighted by Crippen LogP contribution is -2.53. The summed E-state index contributed by atoms with van der Waals surface area (Å²) in [5.74, 6) is -0.0560. The zero-order valence-electron chi connectivity index (χ0n) is 11.8. The molecule has 0 spiro atoms. The monoisotopic (exact) mass is 282 g/mol. The number of nitrogens with zero attached hydrogens (tertiary/aromatic N) is 2. The van der Waals surface area contributed by atoms with Crippen LogP contribution in [0.1, 0.15) is 34.9 Å². The third-order valence-electron chi connectivity index (χ3n) is 5.61. The number of aromatic nitrogens is 1. The smallest absolute Gasteiger partial charge is 0.260 e. The molecule has 1 aromatic heterocycles. The highest BCUT2D eigenvalue weighted by Crippen LogP contribution is 2.48. The fraction of sp³-hybridized carbons (Fsp3) is 0.471. The number of carbonyl (C=O) groups excluding carboxylic acids is 1. The van der Waals surface area contributed by atoms with E-state index in [1.807, 2.05) is 22.8 Å². The zero-order valence-corrected chi connectivity index (χ0v) is 11.8. The van der Waals surface area contributed by atoms with Gasteiger partial charge in [0, 0.05) is 23.5 Å². The van der Waals surface area contributed by atoms with E-state index in [1.54, 1.807) is 0 Å². The minimum Gasteiger partial charge on any atom is -0.383 e. The lowest BCUT2D eigenvalue weighted by molar-refractivity contribution is -0.0142. The molecule has 0 amide bonds. The number of piperidine rings is 1. The van der Waals surface area contributed by atoms with E-state index in [0.29, 0.717) is 0 Å². The Hall–Kier alpha value is -1.65. The third kappa shape index (κ3) is 1.35. The van der Waals surface area contributed by atoms with Crippen LogP contribution in [-0.2, 0) is 6.42 Å². The molecule has 4 nitrogen and oxygen atoms in total. The molecule has 4 heterocycles. The van der Waals surface area contributed by atoms with Gasteiger partial charge in [-0.05, 0) is 37.4 Å². The molecule has 3 atom stereocenters. The summed E-state index contributed by atoms with van der Waals surface area (Å²) in [5, 5.41) is 11.7. The molecule has 1 saturated heterocycles. The van der Waals surface area contributed by atoms with E-state index in [9.17, 15) is 9.90 Å². The lowest BCUT2D eigenvalue weighted by Gasteiger charge is -2.48. The van der Waals surface area contributed by atoms with Crippen molar-refractivity contribution in [3.05, 3.63) is 35.5 Å². The SMILES string of the molecule is O=C1[C@@H](O)[C@@H]2CCCN3CCc4c(n1c1ccccc41)[C@@H]23. The van der Waals surface area contributed by atoms with Crippen LogP contribution >= 0.6 is 0 Å². The molecular weight excluding hydrogens is 264 g/mol. The summed E-state index contributed by atoms with van der Waals surface area (Å²) in [6, 6.07) is 8.36. The fourth-order valence-corrected chi connectivity index (χ4v) is 4.76. The molecule has 0 unspecified atom stereocenters. The Labute approximate surface area is 123 Å². The van der Waals surface area contributed by atoms with Crippen LogP contribution in [0.3, 0.4) is 0 Å². The normalized spacial score (nSPS) is 31.5. The van der Waals surface area contributed by atoms with E-state index in [-0.39, 0.29) is 17.9 Å². The van der Waals surface area contributed by atoms with E-state index >= 15 is 0 Å². The predicted molar refractivity (Wildman–Crippen MR) is 79.3 cm³/mol. The number of hydrogen-bond acceptors (Lipinski definition) is 3. The van der Waals surface area contributed by atoms with Crippen molar-refractivity contribution in [1.29, 1.82) is 0 Å². The van der Waals surface area contributed by atoms with Crippen LogP contribution < -0.4 is 0 Å². The number of aliphatic hydroxyl groups excluding tert-OH is 1. The van der Waals surface area contributed by atoms with Gasteiger partial charge < -0.3 is 5.11 Å². The predicted octanol–water partition coefficient (Wildman–Crippen LogP) is 1.97. The third-order valence-corrected chi connectivity index (χ3v) is 5.61. The molecule has 21 heavy (non-hydrogen) atoms. The van der Waals surface area contributed by atoms with Crippen molar-refractivity contribution in [2.45, 2.75) is 31.4 Å². The van der Waals surface area contributed by atoms with Crippen molar-refractivity contribution < 1.29 is 9.90 Å². The molecule has 3 aliphatic heterocycles. The summed E-state index contributed by atoms with van der Waals surface area (Å²) in [6.45, 7) is 2.13. The van der Waals surface area contributed by atoms with Gasteiger partial charge in [-0.1, -0.05) is 18.2 Å². The van der Waals surface area contributed by atoms with E-state index in [2.05, 4.69) is 11.0 Å². The molecule has 2 aromatic rings. The van der Waals surface area contributed by atoms with Gasteiger partial charge in [-0.25, -0.2) is 0 Å². The van der Waals surface area contributed by atoms with Crippen molar-refractivity contribution in [3.8, 4) is 0 Å². The summed E-state index contributed by atoms with van der Waals surface area (Å²) in [6.07, 6.45) is 2.19. The Morgan fingerprint density at radius 1 is 1.19 bits per heavy atom. The molecule has 3 aliphatic rings. The molecule has 1 fully saturated rings. The maximum atomic E-state index is 12.7. The number of aliphatic hydroxyl groups is 1. The van der Waals surface area contributed by atoms with E-state index in [4.69, 9.17) is 0 Å². The topological polar surface area (TPSA) is 45.5 Å². The Morgan fingerprint density at radius 3 is 2.95 bits per heavy atom. The van der Waals surface area contributed by atoms with Crippen molar-refractivity contribution in [3.63, 3.8) is 0 Å². The number of hydrogen-bond donors (Lipinski definition) is 1. The number of benzene rings is 1. The van der Waals surface area contributed by atoms with Crippen LogP contribution in [0.2, 0.25) is 0 Å². The highest BCUT2D eigenvalue weighted by molar-refractivity contribution is 5.99. The van der Waals surface area contributed by atoms with Gasteiger partial charge in [0.25, 0.3) is 5.91 Å². The Morgan fingerprint density at radius 2 is 2.05 bits per heavy atom. The average molecular weight is 282 g/mol. The fourth-order valence-electron chi connectivity index (χ4n) is 4.76. The van der Waals surface area contributed by atoms with Crippen molar-refractivity contribution >= 4 is 16.8 Å². The minimum atomic E-state index is -0.855. The highest BCUT2D eigenvalue weighted by Gasteiger charge is 2.49. The van der Waals surface area contributed by atoms with Gasteiger partial charge in [0.1, 0.15) is 6.10 Å². The molecule has 0 aliphatic carbocycles. The molecular formula is C17H18N2O2. The second-order valence-corrected chi connectivity index (χ2v) is 6.54. The van der Waals surface area contributed by atoms with Crippen LogP contribution in [0.5, 0.6) is 0 Å². The van der Waals surface area contributed by atoms with Gasteiger partial charge in [0.2, 0.25) is 0 Å². The standard InChI is InChI=1S/C17H18N2O2/c20-16-12-5-3-8-18-9-7-11-10-4-1-2-6-13(10)19(17(16)21)15(11)14(12)18/h1-2,4,6,12,14,16,20H,3,5,7-9H2/t12-,14-,16+/m1/s1. The van der Waals surface area contributed by atoms with Crippen LogP contribution in [0.25, 0.3) is 10.9 Å². The molecule has 0 bridgehead atoms. The van der Waals surface area contributed by atoms with Crippen molar-refractivity contribution in [2.75, 3.05) is 13.1 Å². The summed E-state index contributed by atoms with van der Waals surface area (Å²) in [5.41, 5.74) is 3.47. The maximum absolute atomic E-state index is 12.7. The second-order valence-electron chi connectivity index (χ2n) is 6.54. The Kier molecular flexibility index (Phi) is 2.25. The first kappa shape index (κ1) is 12.0. The Bertz CT molecular complexity index is 763. The van der Waals surface area contributed by atoms with E-state index in [0.717, 1.165) is 37.9 Å². The van der Waals surface area contributed by atoms with E-state index < -0.39 is 6.10 Å². The number of para-hydroxylation sites is 1. The number of fused-ring (bicyclic) bond motifs is 3. The first-order valence-electron chi connectivity index (χ1n) is 7.86. The van der Waals surface area contributed by atoms with Gasteiger partial charge in [-0.15, -0.1) is 0 Å². The Balaban J connectivity index is 1.89. The molecule has 1 N–H and O–H groups in total. The summed E-state index contributed by atoms with van der Waals surface area (Å²) < 4.78 is 1.81. The summed E-state index contributed by atoms with van der Waals surface area (Å²) >= 11 is 0. The van der Waals surface area contributed by atoms with Crippen molar-refractivity contribution in [2.24, 2.45) is 5.92 Å². The first-order chi connectivity index (χ1) is 10.3. The first-order valence-corrected chi connectivity index (χ1v) is 7.86. The van der Waals surface area contributed by atoms with Gasteiger partial charge >= 0.3 is 0 Å². The average Bonchev–Trinajstić information content (AvgIpc) is 2.87. The minimum absolute atomic E-state index is 0.0714. The van der Waals surface area contributed by atoms with Crippen LogP contribution in [0.15, 0.2) is 24.3 Å². The number of carbonyl (C=O) groups is 1. The van der Waals surface area contributed by atoms with Gasteiger partial charge in [0.15, 0.2) is 0 Å². The summed E-state index contributed by atoms with van der Waals surface area (Å²) in [4.78, 5) is 15.2. The molecule has 4 heteroatoms. The zero-order chi connectivity index (χ0) is 14.1. The quantitative estimate of drug-likeness (QED) is 0.803. The van der Waals surface area contributed by atoms with Crippen molar-refractivity contribution in [1.82, 2.24) is 9.47 Å². The maximum Gasteiger partial charge on any atom is 0.260 e. The van der Waals surface area contributed by atoms with Crippen LogP contribution in [-0.4, -0.2) is 39.7 Å². The second kappa shape index (κ2) is 3.96.